The molecule has 0 aliphatic carbocycles. The number of quaternary nitrogens is 1. The molecular formula is C12H24F3NO2. The molecule has 0 saturated carbocycles. The van der Waals surface area contributed by atoms with E-state index >= 15 is 0 Å². The van der Waals surface area contributed by atoms with Gasteiger partial charge < -0.3 is 15.6 Å². The topological polar surface area (TPSA) is 67.8 Å². The van der Waals surface area contributed by atoms with Crippen LogP contribution in [0.1, 0.15) is 58.3 Å². The van der Waals surface area contributed by atoms with Crippen molar-refractivity contribution in [2.24, 2.45) is 0 Å². The average Bonchev–Trinajstić information content (AvgIpc) is 2.27. The lowest BCUT2D eigenvalue weighted by molar-refractivity contribution is -0.368. The second kappa shape index (κ2) is 12.7. The Balaban J connectivity index is 0. The van der Waals surface area contributed by atoms with E-state index in [9.17, 15) is 13.2 Å². The molecule has 0 aliphatic heterocycles. The fourth-order valence-electron chi connectivity index (χ4n) is 1.31. The Morgan fingerprint density at radius 1 is 1.00 bits per heavy atom. The number of alkyl halides is 3. The highest BCUT2D eigenvalue weighted by Gasteiger charge is 2.28. The zero-order valence-electron chi connectivity index (χ0n) is 11.0. The fourth-order valence-corrected chi connectivity index (χ4v) is 1.31. The van der Waals surface area contributed by atoms with Gasteiger partial charge in [0.15, 0.2) is 0 Å². The van der Waals surface area contributed by atoms with Crippen LogP contribution >= 0.6 is 0 Å². The molecule has 0 aromatic carbocycles. The molecule has 0 unspecified atom stereocenters. The summed E-state index contributed by atoms with van der Waals surface area (Å²) in [4.78, 5) is 8.78. The van der Waals surface area contributed by atoms with Gasteiger partial charge in [-0.15, -0.1) is 0 Å². The Labute approximate surface area is 107 Å². The largest absolute Gasteiger partial charge is 0.542 e. The number of aliphatic carboxylic acids is 1. The molecule has 3 N–H and O–H groups in total. The highest BCUT2D eigenvalue weighted by Crippen LogP contribution is 2.11. The van der Waals surface area contributed by atoms with Crippen LogP contribution in [-0.4, -0.2) is 18.7 Å². The number of hydrogen-bond acceptors (Lipinski definition) is 2. The average molecular weight is 271 g/mol. The molecule has 0 saturated heterocycles. The minimum Gasteiger partial charge on any atom is -0.542 e. The molecule has 0 spiro atoms. The number of rotatable bonds is 8. The van der Waals surface area contributed by atoms with Gasteiger partial charge in [0.25, 0.3) is 0 Å². The Hall–Kier alpha value is -0.780. The summed E-state index contributed by atoms with van der Waals surface area (Å²) in [7, 11) is 0. The minimum atomic E-state index is -5.19. The highest BCUT2D eigenvalue weighted by molar-refractivity contribution is 5.70. The summed E-state index contributed by atoms with van der Waals surface area (Å²) in [6.07, 6.45) is 6.09. The molecule has 110 valence electrons. The molecule has 0 heterocycles. The van der Waals surface area contributed by atoms with Crippen LogP contribution in [-0.2, 0) is 4.79 Å². The monoisotopic (exact) mass is 271 g/mol. The van der Waals surface area contributed by atoms with E-state index in [0.717, 1.165) is 6.54 Å². The van der Waals surface area contributed by atoms with Crippen molar-refractivity contribution in [3.63, 3.8) is 0 Å². The van der Waals surface area contributed by atoms with E-state index < -0.39 is 12.1 Å². The smallest absolute Gasteiger partial charge is 0.430 e. The first-order valence-corrected chi connectivity index (χ1v) is 6.43. The maximum Gasteiger partial charge on any atom is 0.430 e. The van der Waals surface area contributed by atoms with Crippen molar-refractivity contribution < 1.29 is 28.8 Å². The first kappa shape index (κ1) is 19.6. The van der Waals surface area contributed by atoms with E-state index in [1.165, 1.54) is 51.4 Å². The summed E-state index contributed by atoms with van der Waals surface area (Å²) < 4.78 is 31.5. The minimum absolute atomic E-state index is 1.12. The molecular weight excluding hydrogens is 247 g/mol. The van der Waals surface area contributed by atoms with Gasteiger partial charge >= 0.3 is 6.18 Å². The summed E-state index contributed by atoms with van der Waals surface area (Å²) in [6.45, 7) is 3.39. The Morgan fingerprint density at radius 2 is 1.33 bits per heavy atom. The number of carboxylic acid groups (broad SMARTS) is 1. The molecule has 0 bridgehead atoms. The van der Waals surface area contributed by atoms with Gasteiger partial charge in [0.2, 0.25) is 0 Å². The predicted octanol–water partition coefficient (Wildman–Crippen LogP) is 1.67. The third-order valence-electron chi connectivity index (χ3n) is 2.34. The summed E-state index contributed by atoms with van der Waals surface area (Å²) in [5.74, 6) is -3.01. The maximum absolute atomic E-state index is 10.5. The molecule has 6 heteroatoms. The van der Waals surface area contributed by atoms with Gasteiger partial charge in [-0.2, -0.15) is 13.2 Å². The molecule has 0 aromatic rings. The summed E-state index contributed by atoms with van der Waals surface area (Å²) in [5, 5.41) is 8.78. The van der Waals surface area contributed by atoms with Crippen LogP contribution < -0.4 is 10.8 Å². The van der Waals surface area contributed by atoms with Crippen LogP contribution in [0.2, 0.25) is 0 Å². The number of halogens is 3. The SMILES string of the molecule is CCCCCCCCCC[NH3+].O=C([O-])C(F)(F)F. The van der Waals surface area contributed by atoms with Crippen molar-refractivity contribution in [3.05, 3.63) is 0 Å². The molecule has 0 aliphatic rings. The normalized spacial score (nSPS) is 10.7. The molecule has 0 atom stereocenters. The van der Waals surface area contributed by atoms with Gasteiger partial charge in [-0.25, -0.2) is 0 Å². The van der Waals surface area contributed by atoms with Gasteiger partial charge in [0, 0.05) is 0 Å². The van der Waals surface area contributed by atoms with E-state index in [2.05, 4.69) is 12.7 Å². The fraction of sp³-hybridized carbons (Fsp3) is 0.917. The molecule has 0 rings (SSSR count). The first-order chi connectivity index (χ1) is 8.36. The van der Waals surface area contributed by atoms with E-state index in [-0.39, 0.29) is 0 Å². The zero-order valence-corrected chi connectivity index (χ0v) is 11.0. The lowest BCUT2D eigenvalue weighted by atomic mass is 10.1. The molecule has 0 aromatic heterocycles. The van der Waals surface area contributed by atoms with Crippen LogP contribution in [0.4, 0.5) is 13.2 Å². The van der Waals surface area contributed by atoms with Crippen LogP contribution in [0, 0.1) is 0 Å². The number of unbranched alkanes of at least 4 members (excludes halogenated alkanes) is 7. The maximum atomic E-state index is 10.5. The van der Waals surface area contributed by atoms with E-state index in [4.69, 9.17) is 9.90 Å². The summed E-state index contributed by atoms with van der Waals surface area (Å²) in [5.41, 5.74) is 3.83. The van der Waals surface area contributed by atoms with Gasteiger partial charge in [-0.05, 0) is 12.8 Å². The van der Waals surface area contributed by atoms with Crippen molar-refractivity contribution in [3.8, 4) is 0 Å². The summed E-state index contributed by atoms with van der Waals surface area (Å²) in [6, 6.07) is 0. The van der Waals surface area contributed by atoms with Gasteiger partial charge in [0.05, 0.1) is 6.54 Å². The number of hydrogen-bond donors (Lipinski definition) is 1. The predicted molar refractivity (Wildman–Crippen MR) is 61.4 cm³/mol. The van der Waals surface area contributed by atoms with Crippen molar-refractivity contribution in [1.82, 2.24) is 0 Å². The molecule has 0 radical (unpaired) electrons. The van der Waals surface area contributed by atoms with Crippen LogP contribution in [0.5, 0.6) is 0 Å². The Bertz CT molecular complexity index is 188. The third-order valence-corrected chi connectivity index (χ3v) is 2.34. The Kier molecular flexibility index (Phi) is 13.8. The zero-order chi connectivity index (χ0) is 14.4. The number of carboxylic acids is 1. The van der Waals surface area contributed by atoms with E-state index in [1.807, 2.05) is 0 Å². The van der Waals surface area contributed by atoms with Gasteiger partial charge in [-0.1, -0.05) is 45.4 Å². The molecule has 0 amide bonds. The second-order valence-electron chi connectivity index (χ2n) is 4.11. The second-order valence-corrected chi connectivity index (χ2v) is 4.11. The van der Waals surface area contributed by atoms with Crippen LogP contribution in [0.15, 0.2) is 0 Å². The van der Waals surface area contributed by atoms with E-state index in [0.29, 0.717) is 0 Å². The van der Waals surface area contributed by atoms with Crippen molar-refractivity contribution >= 4 is 5.97 Å². The quantitative estimate of drug-likeness (QED) is 0.682. The van der Waals surface area contributed by atoms with Crippen molar-refractivity contribution in [1.29, 1.82) is 0 Å². The van der Waals surface area contributed by atoms with Gasteiger partial charge in [-0.3, -0.25) is 0 Å². The van der Waals surface area contributed by atoms with Crippen LogP contribution in [0.25, 0.3) is 0 Å². The first-order valence-electron chi connectivity index (χ1n) is 6.43. The number of carbonyl (C=O) groups excluding carboxylic acids is 1. The lowest BCUT2D eigenvalue weighted by Crippen LogP contribution is -2.50. The van der Waals surface area contributed by atoms with Crippen molar-refractivity contribution in [2.75, 3.05) is 6.54 Å². The third kappa shape index (κ3) is 17.6. The lowest BCUT2D eigenvalue weighted by Gasteiger charge is -2.03. The molecule has 3 nitrogen and oxygen atoms in total. The van der Waals surface area contributed by atoms with Gasteiger partial charge in [0.1, 0.15) is 5.97 Å². The number of carbonyl (C=O) groups is 1. The summed E-state index contributed by atoms with van der Waals surface area (Å²) >= 11 is 0. The van der Waals surface area contributed by atoms with Crippen molar-refractivity contribution in [2.45, 2.75) is 64.5 Å². The van der Waals surface area contributed by atoms with E-state index in [1.54, 1.807) is 0 Å². The Morgan fingerprint density at radius 3 is 1.61 bits per heavy atom. The highest BCUT2D eigenvalue weighted by atomic mass is 19.4. The molecule has 18 heavy (non-hydrogen) atoms. The standard InChI is InChI=1S/C10H23N.C2HF3O2/c1-2-3-4-5-6-7-8-9-10-11;3-2(4,5)1(6)7/h2-11H2,1H3;(H,6,7). The van der Waals surface area contributed by atoms with Crippen LogP contribution in [0.3, 0.4) is 0 Å². The molecule has 0 fully saturated rings.